The van der Waals surface area contributed by atoms with Gasteiger partial charge >= 0.3 is 0 Å². The number of hydrogen-bond acceptors (Lipinski definition) is 2. The van der Waals surface area contributed by atoms with Crippen LogP contribution in [0.1, 0.15) is 29.4 Å². The van der Waals surface area contributed by atoms with Gasteiger partial charge in [0.1, 0.15) is 0 Å². The van der Waals surface area contributed by atoms with Gasteiger partial charge in [-0.15, -0.1) is 0 Å². The number of anilines is 1. The number of likely N-dealkylation sites (N-methyl/N-ethyl adjacent to an activating group) is 1. The van der Waals surface area contributed by atoms with Gasteiger partial charge in [0, 0.05) is 30.5 Å². The fourth-order valence-electron chi connectivity index (χ4n) is 2.62. The summed E-state index contributed by atoms with van der Waals surface area (Å²) in [6.45, 7) is 8.67. The number of aryl methyl sites for hydroxylation is 3. The fraction of sp³-hybridized carbons (Fsp3) is 0.412. The molecule has 0 saturated carbocycles. The molecule has 0 N–H and O–H groups in total. The van der Waals surface area contributed by atoms with Crippen molar-refractivity contribution in [1.29, 1.82) is 0 Å². The molecule has 112 valence electrons. The van der Waals surface area contributed by atoms with E-state index < -0.39 is 0 Å². The second kappa shape index (κ2) is 6.12. The molecule has 2 rings (SSSR count). The number of nitrogens with zero attached hydrogens (tertiary/aromatic N) is 3. The van der Waals surface area contributed by atoms with Gasteiger partial charge in [0.2, 0.25) is 5.91 Å². The van der Waals surface area contributed by atoms with Crippen molar-refractivity contribution in [3.05, 3.63) is 46.8 Å². The lowest BCUT2D eigenvalue weighted by molar-refractivity contribution is -0.117. The maximum absolute atomic E-state index is 12.7. The average Bonchev–Trinajstić information content (AvgIpc) is 2.66. The average molecular weight is 285 g/mol. The van der Waals surface area contributed by atoms with Gasteiger partial charge < -0.3 is 4.90 Å². The van der Waals surface area contributed by atoms with Crippen molar-refractivity contribution in [3.63, 3.8) is 0 Å². The third-order valence-corrected chi connectivity index (χ3v) is 3.92. The summed E-state index contributed by atoms with van der Waals surface area (Å²) >= 11 is 0. The van der Waals surface area contributed by atoms with Crippen LogP contribution in [-0.2, 0) is 18.3 Å². The molecule has 0 aliphatic rings. The number of aromatic nitrogens is 2. The first kappa shape index (κ1) is 15.3. The molecule has 0 aliphatic heterocycles. The molecule has 1 aromatic carbocycles. The van der Waals surface area contributed by atoms with Crippen LogP contribution in [-0.4, -0.2) is 22.2 Å². The van der Waals surface area contributed by atoms with Crippen LogP contribution in [0.2, 0.25) is 0 Å². The zero-order valence-corrected chi connectivity index (χ0v) is 13.5. The second-order valence-electron chi connectivity index (χ2n) is 5.43. The molecular weight excluding hydrogens is 262 g/mol. The first-order valence-corrected chi connectivity index (χ1v) is 7.30. The van der Waals surface area contributed by atoms with Gasteiger partial charge in [-0.2, -0.15) is 5.10 Å². The van der Waals surface area contributed by atoms with Crippen molar-refractivity contribution in [3.8, 4) is 0 Å². The summed E-state index contributed by atoms with van der Waals surface area (Å²) in [4.78, 5) is 14.5. The maximum Gasteiger partial charge on any atom is 0.231 e. The normalized spacial score (nSPS) is 10.7. The molecule has 0 fully saturated rings. The molecule has 1 heterocycles. The monoisotopic (exact) mass is 285 g/mol. The van der Waals surface area contributed by atoms with Crippen LogP contribution >= 0.6 is 0 Å². The topological polar surface area (TPSA) is 38.1 Å². The van der Waals surface area contributed by atoms with Gasteiger partial charge in [-0.1, -0.05) is 12.1 Å². The summed E-state index contributed by atoms with van der Waals surface area (Å²) in [6, 6.07) is 8.06. The van der Waals surface area contributed by atoms with E-state index in [0.29, 0.717) is 13.0 Å². The zero-order chi connectivity index (χ0) is 15.6. The summed E-state index contributed by atoms with van der Waals surface area (Å²) in [5.41, 5.74) is 5.15. The van der Waals surface area contributed by atoms with E-state index in [2.05, 4.69) is 5.10 Å². The standard InChI is InChI=1S/C17H23N3O/c1-6-20(15-9-7-8-12(2)10-15)17(21)11-16-13(3)18-19(5)14(16)4/h7-10H,6,11H2,1-5H3. The highest BCUT2D eigenvalue weighted by Crippen LogP contribution is 2.19. The Balaban J connectivity index is 2.25. The van der Waals surface area contributed by atoms with Crippen LogP contribution in [0.4, 0.5) is 5.69 Å². The van der Waals surface area contributed by atoms with Gasteiger partial charge in [0.05, 0.1) is 12.1 Å². The molecule has 4 nitrogen and oxygen atoms in total. The molecule has 0 saturated heterocycles. The Morgan fingerprint density at radius 2 is 2.00 bits per heavy atom. The van der Waals surface area contributed by atoms with E-state index in [-0.39, 0.29) is 5.91 Å². The molecule has 2 aromatic rings. The summed E-state index contributed by atoms with van der Waals surface area (Å²) in [5, 5.41) is 4.38. The van der Waals surface area contributed by atoms with Crippen molar-refractivity contribution in [2.45, 2.75) is 34.1 Å². The summed E-state index contributed by atoms with van der Waals surface area (Å²) in [5.74, 6) is 0.113. The summed E-state index contributed by atoms with van der Waals surface area (Å²) < 4.78 is 1.83. The van der Waals surface area contributed by atoms with Crippen molar-refractivity contribution in [2.75, 3.05) is 11.4 Å². The number of benzene rings is 1. The van der Waals surface area contributed by atoms with Crippen molar-refractivity contribution >= 4 is 11.6 Å². The van der Waals surface area contributed by atoms with Crippen LogP contribution in [0, 0.1) is 20.8 Å². The van der Waals surface area contributed by atoms with E-state index in [9.17, 15) is 4.79 Å². The largest absolute Gasteiger partial charge is 0.312 e. The molecule has 0 unspecified atom stereocenters. The van der Waals surface area contributed by atoms with Crippen LogP contribution in [0.25, 0.3) is 0 Å². The summed E-state index contributed by atoms with van der Waals surface area (Å²) in [7, 11) is 1.91. The SMILES string of the molecule is CCN(C(=O)Cc1c(C)nn(C)c1C)c1cccc(C)c1. The molecule has 4 heteroatoms. The van der Waals surface area contributed by atoms with Crippen LogP contribution in [0.5, 0.6) is 0 Å². The van der Waals surface area contributed by atoms with Crippen molar-refractivity contribution in [2.24, 2.45) is 7.05 Å². The Kier molecular flexibility index (Phi) is 4.46. The molecule has 0 radical (unpaired) electrons. The van der Waals surface area contributed by atoms with E-state index in [4.69, 9.17) is 0 Å². The van der Waals surface area contributed by atoms with E-state index in [1.165, 1.54) is 0 Å². The smallest absolute Gasteiger partial charge is 0.231 e. The first-order valence-electron chi connectivity index (χ1n) is 7.30. The lowest BCUT2D eigenvalue weighted by Crippen LogP contribution is -2.32. The highest BCUT2D eigenvalue weighted by molar-refractivity contribution is 5.95. The van der Waals surface area contributed by atoms with Crippen LogP contribution < -0.4 is 4.90 Å². The predicted octanol–water partition coefficient (Wildman–Crippen LogP) is 2.94. The molecule has 1 amide bonds. The molecule has 1 aromatic heterocycles. The van der Waals surface area contributed by atoms with Gasteiger partial charge in [-0.05, 0) is 45.4 Å². The third kappa shape index (κ3) is 3.15. The van der Waals surface area contributed by atoms with Gasteiger partial charge in [-0.25, -0.2) is 0 Å². The van der Waals surface area contributed by atoms with Crippen LogP contribution in [0.15, 0.2) is 24.3 Å². The Hall–Kier alpha value is -2.10. The molecule has 21 heavy (non-hydrogen) atoms. The van der Waals surface area contributed by atoms with E-state index >= 15 is 0 Å². The molecule has 0 atom stereocenters. The van der Waals surface area contributed by atoms with E-state index in [0.717, 1.165) is 28.2 Å². The Morgan fingerprint density at radius 1 is 1.29 bits per heavy atom. The highest BCUT2D eigenvalue weighted by atomic mass is 16.2. The highest BCUT2D eigenvalue weighted by Gasteiger charge is 2.18. The number of carbonyl (C=O) groups excluding carboxylic acids is 1. The second-order valence-corrected chi connectivity index (χ2v) is 5.43. The Morgan fingerprint density at radius 3 is 2.52 bits per heavy atom. The minimum absolute atomic E-state index is 0.113. The lowest BCUT2D eigenvalue weighted by Gasteiger charge is -2.21. The van der Waals surface area contributed by atoms with Crippen molar-refractivity contribution in [1.82, 2.24) is 9.78 Å². The van der Waals surface area contributed by atoms with Crippen LogP contribution in [0.3, 0.4) is 0 Å². The molecule has 0 spiro atoms. The van der Waals surface area contributed by atoms with E-state index in [1.54, 1.807) is 0 Å². The Labute approximate surface area is 126 Å². The van der Waals surface area contributed by atoms with Gasteiger partial charge in [0.15, 0.2) is 0 Å². The summed E-state index contributed by atoms with van der Waals surface area (Å²) in [6.07, 6.45) is 0.396. The first-order chi connectivity index (χ1) is 9.93. The zero-order valence-electron chi connectivity index (χ0n) is 13.5. The number of rotatable bonds is 4. The van der Waals surface area contributed by atoms with E-state index in [1.807, 2.05) is 68.6 Å². The Bertz CT molecular complexity index is 658. The minimum Gasteiger partial charge on any atom is -0.312 e. The third-order valence-electron chi connectivity index (χ3n) is 3.92. The number of carbonyl (C=O) groups is 1. The predicted molar refractivity (Wildman–Crippen MR) is 85.6 cm³/mol. The maximum atomic E-state index is 12.7. The van der Waals surface area contributed by atoms with Gasteiger partial charge in [0.25, 0.3) is 0 Å². The molecular formula is C17H23N3O. The lowest BCUT2D eigenvalue weighted by atomic mass is 10.1. The van der Waals surface area contributed by atoms with Crippen molar-refractivity contribution < 1.29 is 4.79 Å². The fourth-order valence-corrected chi connectivity index (χ4v) is 2.62. The number of hydrogen-bond donors (Lipinski definition) is 0. The molecule has 0 aliphatic carbocycles. The number of amides is 1. The molecule has 0 bridgehead atoms. The quantitative estimate of drug-likeness (QED) is 0.866. The minimum atomic E-state index is 0.113. The van der Waals surface area contributed by atoms with Gasteiger partial charge in [-0.3, -0.25) is 9.48 Å².